The van der Waals surface area contributed by atoms with Gasteiger partial charge in [-0.15, -0.1) is 0 Å². The van der Waals surface area contributed by atoms with Gasteiger partial charge in [0, 0.05) is 15.6 Å². The molecule has 0 spiro atoms. The highest BCUT2D eigenvalue weighted by Gasteiger charge is 2.26. The molecule has 0 N–H and O–H groups in total. The third-order valence-electron chi connectivity index (χ3n) is 5.25. The van der Waals surface area contributed by atoms with Gasteiger partial charge in [0.25, 0.3) is 0 Å². The van der Waals surface area contributed by atoms with Gasteiger partial charge in [0.1, 0.15) is 4.91 Å². The number of hydrogen-bond donors (Lipinski definition) is 0. The lowest BCUT2D eigenvalue weighted by atomic mass is 10.0. The summed E-state index contributed by atoms with van der Waals surface area (Å²) in [7, 11) is -3.97. The second-order valence-corrected chi connectivity index (χ2v) is 10.5. The van der Waals surface area contributed by atoms with Crippen molar-refractivity contribution in [1.29, 1.82) is 0 Å². The van der Waals surface area contributed by atoms with Crippen molar-refractivity contribution in [2.75, 3.05) is 0 Å². The number of sulfone groups is 1. The van der Waals surface area contributed by atoms with E-state index in [4.69, 9.17) is 23.2 Å². The van der Waals surface area contributed by atoms with E-state index in [1.54, 1.807) is 48.5 Å². The van der Waals surface area contributed by atoms with Gasteiger partial charge in [-0.2, -0.15) is 0 Å². The SMILES string of the molecule is O=C(C(=Cc1ccc(-c2ccccc2)cc1)S(=O)(=O)Cc1ccc(Cl)cc1)c1ccc(Cl)cc1. The van der Waals surface area contributed by atoms with Crippen LogP contribution in [0.15, 0.2) is 108 Å². The number of halogens is 2. The maximum Gasteiger partial charge on any atom is 0.204 e. The second kappa shape index (κ2) is 10.4. The smallest absolute Gasteiger partial charge is 0.204 e. The molecule has 0 aliphatic carbocycles. The Morgan fingerprint density at radius 3 is 1.79 bits per heavy atom. The Balaban J connectivity index is 1.73. The van der Waals surface area contributed by atoms with Crippen molar-refractivity contribution in [3.8, 4) is 11.1 Å². The Labute approximate surface area is 209 Å². The van der Waals surface area contributed by atoms with E-state index in [1.807, 2.05) is 42.5 Å². The molecule has 6 heteroatoms. The van der Waals surface area contributed by atoms with Crippen LogP contribution in [0.3, 0.4) is 0 Å². The minimum absolute atomic E-state index is 0.247. The summed E-state index contributed by atoms with van der Waals surface area (Å²) in [4.78, 5) is 13.0. The van der Waals surface area contributed by atoms with Crippen LogP contribution in [-0.2, 0) is 15.6 Å². The molecular formula is C28H20Cl2O3S. The third kappa shape index (κ3) is 5.84. The molecule has 4 aromatic rings. The van der Waals surface area contributed by atoms with Crippen molar-refractivity contribution < 1.29 is 13.2 Å². The Hall–Kier alpha value is -3.18. The van der Waals surface area contributed by atoms with Gasteiger partial charge in [0.2, 0.25) is 5.78 Å². The number of carbonyl (C=O) groups is 1. The normalized spacial score (nSPS) is 11.9. The maximum absolute atomic E-state index is 13.4. The molecule has 0 fully saturated rings. The molecule has 170 valence electrons. The van der Waals surface area contributed by atoms with E-state index in [1.165, 1.54) is 18.2 Å². The van der Waals surface area contributed by atoms with E-state index in [0.717, 1.165) is 11.1 Å². The Morgan fingerprint density at radius 1 is 0.676 bits per heavy atom. The maximum atomic E-state index is 13.4. The molecule has 0 unspecified atom stereocenters. The van der Waals surface area contributed by atoms with Gasteiger partial charge in [-0.05, 0) is 64.7 Å². The average Bonchev–Trinajstić information content (AvgIpc) is 2.85. The largest absolute Gasteiger partial charge is 0.288 e. The molecule has 0 heterocycles. The number of Topliss-reactive ketones (excluding diaryl/α,β-unsaturated/α-hetero) is 1. The number of hydrogen-bond acceptors (Lipinski definition) is 3. The second-order valence-electron chi connectivity index (χ2n) is 7.72. The van der Waals surface area contributed by atoms with Crippen molar-refractivity contribution >= 4 is 44.9 Å². The lowest BCUT2D eigenvalue weighted by Gasteiger charge is -2.10. The molecule has 0 amide bonds. The minimum Gasteiger partial charge on any atom is -0.288 e. The van der Waals surface area contributed by atoms with Crippen molar-refractivity contribution in [2.45, 2.75) is 5.75 Å². The zero-order valence-corrected chi connectivity index (χ0v) is 20.3. The van der Waals surface area contributed by atoms with E-state index in [2.05, 4.69) is 0 Å². The summed E-state index contributed by atoms with van der Waals surface area (Å²) in [6.07, 6.45) is 1.43. The highest BCUT2D eigenvalue weighted by molar-refractivity contribution is 7.95. The Bertz CT molecular complexity index is 1420. The zero-order chi connectivity index (χ0) is 24.1. The van der Waals surface area contributed by atoms with Crippen LogP contribution in [0.1, 0.15) is 21.5 Å². The van der Waals surface area contributed by atoms with Crippen LogP contribution in [-0.4, -0.2) is 14.2 Å². The van der Waals surface area contributed by atoms with Crippen molar-refractivity contribution in [1.82, 2.24) is 0 Å². The lowest BCUT2D eigenvalue weighted by Crippen LogP contribution is -2.16. The van der Waals surface area contributed by atoms with Crippen LogP contribution in [0.25, 0.3) is 17.2 Å². The van der Waals surface area contributed by atoms with Crippen molar-refractivity contribution in [3.05, 3.63) is 135 Å². The summed E-state index contributed by atoms with van der Waals surface area (Å²) in [5, 5.41) is 0.968. The predicted molar refractivity (Wildman–Crippen MR) is 140 cm³/mol. The van der Waals surface area contributed by atoms with E-state index in [0.29, 0.717) is 21.2 Å². The molecule has 34 heavy (non-hydrogen) atoms. The van der Waals surface area contributed by atoms with Crippen LogP contribution in [0, 0.1) is 0 Å². The van der Waals surface area contributed by atoms with Gasteiger partial charge >= 0.3 is 0 Å². The van der Waals surface area contributed by atoms with Gasteiger partial charge in [0.15, 0.2) is 9.84 Å². The van der Waals surface area contributed by atoms with E-state index in [-0.39, 0.29) is 16.2 Å². The first-order valence-electron chi connectivity index (χ1n) is 10.5. The fourth-order valence-corrected chi connectivity index (χ4v) is 5.23. The summed E-state index contributed by atoms with van der Waals surface area (Å²) in [6.45, 7) is 0. The number of ketones is 1. The monoisotopic (exact) mass is 506 g/mol. The molecular weight excluding hydrogens is 487 g/mol. The van der Waals surface area contributed by atoms with E-state index < -0.39 is 15.6 Å². The quantitative estimate of drug-likeness (QED) is 0.192. The highest BCUT2D eigenvalue weighted by atomic mass is 35.5. The molecule has 0 bridgehead atoms. The summed E-state index contributed by atoms with van der Waals surface area (Å²) >= 11 is 11.9. The van der Waals surface area contributed by atoms with Gasteiger partial charge in [-0.3, -0.25) is 4.79 Å². The average molecular weight is 507 g/mol. The van der Waals surface area contributed by atoms with Gasteiger partial charge < -0.3 is 0 Å². The predicted octanol–water partition coefficient (Wildman–Crippen LogP) is 7.50. The third-order valence-corrected chi connectivity index (χ3v) is 7.44. The Kier molecular flexibility index (Phi) is 7.32. The van der Waals surface area contributed by atoms with Crippen LogP contribution in [0.5, 0.6) is 0 Å². The Morgan fingerprint density at radius 2 is 1.21 bits per heavy atom. The van der Waals surface area contributed by atoms with Crippen LogP contribution in [0.4, 0.5) is 0 Å². The first kappa shape index (κ1) is 24.0. The van der Waals surface area contributed by atoms with Crippen LogP contribution in [0.2, 0.25) is 10.0 Å². The first-order valence-corrected chi connectivity index (χ1v) is 12.9. The minimum atomic E-state index is -3.97. The molecule has 3 nitrogen and oxygen atoms in total. The van der Waals surface area contributed by atoms with Gasteiger partial charge in [-0.1, -0.05) is 89.9 Å². The molecule has 0 atom stereocenters. The number of carbonyl (C=O) groups excluding carboxylic acids is 1. The molecule has 0 aliphatic rings. The number of allylic oxidation sites excluding steroid dienone is 1. The van der Waals surface area contributed by atoms with E-state index >= 15 is 0 Å². The number of rotatable bonds is 7. The molecule has 0 saturated carbocycles. The number of benzene rings is 4. The summed E-state index contributed by atoms with van der Waals surface area (Å²) in [6, 6.07) is 29.9. The highest BCUT2D eigenvalue weighted by Crippen LogP contribution is 2.25. The first-order chi connectivity index (χ1) is 16.3. The fourth-order valence-electron chi connectivity index (χ4n) is 3.47. The van der Waals surface area contributed by atoms with Crippen LogP contribution < -0.4 is 0 Å². The summed E-state index contributed by atoms with van der Waals surface area (Å²) in [5.74, 6) is -0.907. The van der Waals surface area contributed by atoms with Gasteiger partial charge in [-0.25, -0.2) is 8.42 Å². The summed E-state index contributed by atoms with van der Waals surface area (Å²) < 4.78 is 26.8. The molecule has 0 aromatic heterocycles. The zero-order valence-electron chi connectivity index (χ0n) is 18.0. The van der Waals surface area contributed by atoms with Crippen LogP contribution >= 0.6 is 23.2 Å². The molecule has 0 radical (unpaired) electrons. The van der Waals surface area contributed by atoms with E-state index in [9.17, 15) is 13.2 Å². The fraction of sp³-hybridized carbons (Fsp3) is 0.0357. The van der Waals surface area contributed by atoms with Crippen molar-refractivity contribution in [3.63, 3.8) is 0 Å². The van der Waals surface area contributed by atoms with Crippen molar-refractivity contribution in [2.24, 2.45) is 0 Å². The molecule has 4 aromatic carbocycles. The van der Waals surface area contributed by atoms with Gasteiger partial charge in [0.05, 0.1) is 5.75 Å². The lowest BCUT2D eigenvalue weighted by molar-refractivity contribution is 0.104. The standard InChI is InChI=1S/C28H20Cl2O3S/c29-25-14-8-21(9-15-25)19-34(32,33)27(28(31)24-12-16-26(30)17-13-24)18-20-6-10-23(11-7-20)22-4-2-1-3-5-22/h1-18H,19H2. The summed E-state index contributed by atoms with van der Waals surface area (Å²) in [5.41, 5.74) is 3.43. The topological polar surface area (TPSA) is 51.2 Å². The molecule has 0 aliphatic heterocycles. The molecule has 0 saturated heterocycles. The molecule has 4 rings (SSSR count).